The van der Waals surface area contributed by atoms with Crippen molar-refractivity contribution in [1.29, 1.82) is 0 Å². The van der Waals surface area contributed by atoms with Crippen LogP contribution in [-0.4, -0.2) is 4.98 Å². The van der Waals surface area contributed by atoms with Crippen molar-refractivity contribution >= 4 is 0 Å². The topological polar surface area (TPSA) is 26.0 Å². The average molecular weight is 191 g/mol. The Kier molecular flexibility index (Phi) is 2.45. The molecule has 1 aromatic heterocycles. The first kappa shape index (κ1) is 9.83. The van der Waals surface area contributed by atoms with Gasteiger partial charge in [-0.15, -0.1) is 0 Å². The molecule has 0 saturated heterocycles. The van der Waals surface area contributed by atoms with Crippen molar-refractivity contribution in [1.82, 2.24) is 4.98 Å². The summed E-state index contributed by atoms with van der Waals surface area (Å²) in [6, 6.07) is 0. The summed E-state index contributed by atoms with van der Waals surface area (Å²) in [5.74, 6) is 0.0415. The van der Waals surface area contributed by atoms with Gasteiger partial charge in [-0.05, 0) is 6.92 Å². The molecule has 5 heteroatoms. The molecule has 72 valence electrons. The zero-order chi connectivity index (χ0) is 10.1. The highest BCUT2D eigenvalue weighted by Crippen LogP contribution is 2.28. The molecule has 1 heterocycles. The highest BCUT2D eigenvalue weighted by atomic mass is 19.4. The molecular weight excluding hydrogens is 183 g/mol. The van der Waals surface area contributed by atoms with Gasteiger partial charge < -0.3 is 4.42 Å². The second kappa shape index (κ2) is 3.24. The Morgan fingerprint density at radius 2 is 2.23 bits per heavy atom. The summed E-state index contributed by atoms with van der Waals surface area (Å²) >= 11 is 0. The zero-order valence-electron chi connectivity index (χ0n) is 6.98. The van der Waals surface area contributed by atoms with Crippen LogP contribution in [0.3, 0.4) is 0 Å². The van der Waals surface area contributed by atoms with Gasteiger partial charge in [-0.25, -0.2) is 4.98 Å². The number of allylic oxidation sites excluding steroid dienone is 1. The molecular formula is C8H8F3NO. The van der Waals surface area contributed by atoms with E-state index in [9.17, 15) is 13.2 Å². The van der Waals surface area contributed by atoms with Crippen molar-refractivity contribution < 1.29 is 17.6 Å². The van der Waals surface area contributed by atoms with Gasteiger partial charge in [0, 0.05) is 6.42 Å². The van der Waals surface area contributed by atoms with Gasteiger partial charge in [-0.3, -0.25) is 0 Å². The maximum atomic E-state index is 12.0. The third kappa shape index (κ3) is 2.61. The summed E-state index contributed by atoms with van der Waals surface area (Å²) in [6.07, 6.45) is -3.59. The Labute approximate surface area is 73.1 Å². The molecule has 0 bridgehead atoms. The van der Waals surface area contributed by atoms with Crippen LogP contribution in [0.2, 0.25) is 0 Å². The van der Waals surface area contributed by atoms with Gasteiger partial charge in [0.05, 0.1) is 0 Å². The summed E-state index contributed by atoms with van der Waals surface area (Å²) in [5.41, 5.74) is -0.292. The summed E-state index contributed by atoms with van der Waals surface area (Å²) in [5, 5.41) is 0. The lowest BCUT2D eigenvalue weighted by molar-refractivity contribution is -0.141. The van der Waals surface area contributed by atoms with Gasteiger partial charge in [0.25, 0.3) is 0 Å². The van der Waals surface area contributed by atoms with E-state index in [4.69, 9.17) is 0 Å². The normalized spacial score (nSPS) is 11.7. The van der Waals surface area contributed by atoms with Crippen LogP contribution in [0.25, 0.3) is 0 Å². The molecule has 0 amide bonds. The van der Waals surface area contributed by atoms with E-state index in [-0.39, 0.29) is 12.3 Å². The smallest absolute Gasteiger partial charge is 0.436 e. The Balaban J connectivity index is 2.81. The van der Waals surface area contributed by atoms with E-state index >= 15 is 0 Å². The predicted molar refractivity (Wildman–Crippen MR) is 40.0 cm³/mol. The fourth-order valence-electron chi connectivity index (χ4n) is 0.780. The van der Waals surface area contributed by atoms with Crippen LogP contribution in [0.1, 0.15) is 18.5 Å². The van der Waals surface area contributed by atoms with E-state index in [1.54, 1.807) is 6.92 Å². The number of oxazole rings is 1. The standard InChI is InChI=1S/C8H8F3NO/c1-5(2)3-7-12-6(4-13-7)8(9,10)11/h4H,1,3H2,2H3. The third-order valence-corrected chi connectivity index (χ3v) is 1.30. The molecule has 0 saturated carbocycles. The van der Waals surface area contributed by atoms with Gasteiger partial charge in [0.15, 0.2) is 11.6 Å². The predicted octanol–water partition coefficient (Wildman–Crippen LogP) is 2.81. The number of halogens is 3. The van der Waals surface area contributed by atoms with E-state index in [1.165, 1.54) is 0 Å². The van der Waals surface area contributed by atoms with Crippen LogP contribution in [-0.2, 0) is 12.6 Å². The molecule has 0 aliphatic heterocycles. The molecule has 1 rings (SSSR count). The average Bonchev–Trinajstić information content (AvgIpc) is 2.32. The second-order valence-electron chi connectivity index (χ2n) is 2.76. The lowest BCUT2D eigenvalue weighted by atomic mass is 10.2. The highest BCUT2D eigenvalue weighted by molar-refractivity contribution is 5.05. The highest BCUT2D eigenvalue weighted by Gasteiger charge is 2.34. The number of alkyl halides is 3. The molecule has 0 radical (unpaired) electrons. The molecule has 2 nitrogen and oxygen atoms in total. The molecule has 13 heavy (non-hydrogen) atoms. The monoisotopic (exact) mass is 191 g/mol. The Bertz CT molecular complexity index is 313. The minimum absolute atomic E-state index is 0.0415. The third-order valence-electron chi connectivity index (χ3n) is 1.30. The van der Waals surface area contributed by atoms with Gasteiger partial charge in [-0.1, -0.05) is 12.2 Å². The Hall–Kier alpha value is -1.26. The van der Waals surface area contributed by atoms with Crippen LogP contribution >= 0.6 is 0 Å². The molecule has 0 fully saturated rings. The molecule has 0 N–H and O–H groups in total. The lowest BCUT2D eigenvalue weighted by Crippen LogP contribution is -2.05. The van der Waals surface area contributed by atoms with Crippen LogP contribution in [0.4, 0.5) is 13.2 Å². The van der Waals surface area contributed by atoms with Gasteiger partial charge in [0.2, 0.25) is 0 Å². The van der Waals surface area contributed by atoms with Gasteiger partial charge in [0.1, 0.15) is 6.26 Å². The SMILES string of the molecule is C=C(C)Cc1nc(C(F)(F)F)co1. The lowest BCUT2D eigenvalue weighted by Gasteiger charge is -1.98. The Morgan fingerprint density at radius 1 is 1.62 bits per heavy atom. The number of hydrogen-bond donors (Lipinski definition) is 0. The summed E-state index contributed by atoms with van der Waals surface area (Å²) < 4.78 is 40.6. The molecule has 0 aliphatic rings. The molecule has 0 aliphatic carbocycles. The van der Waals surface area contributed by atoms with E-state index < -0.39 is 11.9 Å². The number of aromatic nitrogens is 1. The minimum Gasteiger partial charge on any atom is -0.448 e. The maximum Gasteiger partial charge on any atom is 0.436 e. The van der Waals surface area contributed by atoms with Crippen LogP contribution in [0.5, 0.6) is 0 Å². The van der Waals surface area contributed by atoms with Crippen LogP contribution in [0.15, 0.2) is 22.8 Å². The fourth-order valence-corrected chi connectivity index (χ4v) is 0.780. The van der Waals surface area contributed by atoms with E-state index in [0.717, 1.165) is 0 Å². The summed E-state index contributed by atoms with van der Waals surface area (Å²) in [7, 11) is 0. The van der Waals surface area contributed by atoms with Gasteiger partial charge >= 0.3 is 6.18 Å². The molecule has 0 unspecified atom stereocenters. The minimum atomic E-state index is -4.43. The molecule has 1 aromatic rings. The fraction of sp³-hybridized carbons (Fsp3) is 0.375. The van der Waals surface area contributed by atoms with Gasteiger partial charge in [-0.2, -0.15) is 13.2 Å². The number of rotatable bonds is 2. The van der Waals surface area contributed by atoms with E-state index in [0.29, 0.717) is 11.8 Å². The second-order valence-corrected chi connectivity index (χ2v) is 2.76. The first-order chi connectivity index (χ1) is 5.89. The molecule has 0 spiro atoms. The quantitative estimate of drug-likeness (QED) is 0.672. The molecule has 0 aromatic carbocycles. The van der Waals surface area contributed by atoms with E-state index in [2.05, 4.69) is 16.0 Å². The number of nitrogens with zero attached hydrogens (tertiary/aromatic N) is 1. The van der Waals surface area contributed by atoms with Crippen LogP contribution < -0.4 is 0 Å². The first-order valence-corrected chi connectivity index (χ1v) is 3.55. The summed E-state index contributed by atoms with van der Waals surface area (Å²) in [4.78, 5) is 3.27. The first-order valence-electron chi connectivity index (χ1n) is 3.55. The largest absolute Gasteiger partial charge is 0.448 e. The van der Waals surface area contributed by atoms with Crippen molar-refractivity contribution in [2.75, 3.05) is 0 Å². The van der Waals surface area contributed by atoms with Crippen molar-refractivity contribution in [2.24, 2.45) is 0 Å². The van der Waals surface area contributed by atoms with Crippen molar-refractivity contribution in [3.05, 3.63) is 30.0 Å². The summed E-state index contributed by atoms with van der Waals surface area (Å²) in [6.45, 7) is 5.23. The van der Waals surface area contributed by atoms with Crippen molar-refractivity contribution in [3.8, 4) is 0 Å². The zero-order valence-corrected chi connectivity index (χ0v) is 6.98. The maximum absolute atomic E-state index is 12.0. The van der Waals surface area contributed by atoms with E-state index in [1.807, 2.05) is 0 Å². The Morgan fingerprint density at radius 3 is 2.62 bits per heavy atom. The van der Waals surface area contributed by atoms with Crippen LogP contribution in [0, 0.1) is 0 Å². The van der Waals surface area contributed by atoms with Crippen molar-refractivity contribution in [3.63, 3.8) is 0 Å². The van der Waals surface area contributed by atoms with Crippen molar-refractivity contribution in [2.45, 2.75) is 19.5 Å². The molecule has 0 atom stereocenters. The number of hydrogen-bond acceptors (Lipinski definition) is 2.